The van der Waals surface area contributed by atoms with E-state index in [2.05, 4.69) is 14.9 Å². The van der Waals surface area contributed by atoms with Crippen molar-refractivity contribution in [1.29, 1.82) is 0 Å². The van der Waals surface area contributed by atoms with Crippen molar-refractivity contribution in [3.63, 3.8) is 0 Å². The van der Waals surface area contributed by atoms with Gasteiger partial charge in [0.2, 0.25) is 0 Å². The summed E-state index contributed by atoms with van der Waals surface area (Å²) >= 11 is 0. The third-order valence-corrected chi connectivity index (χ3v) is 6.19. The van der Waals surface area contributed by atoms with Crippen LogP contribution in [0.5, 0.6) is 0 Å². The first-order chi connectivity index (χ1) is 15.5. The number of para-hydroxylation sites is 2. The molecule has 2 aromatic heterocycles. The van der Waals surface area contributed by atoms with Crippen molar-refractivity contribution in [3.8, 4) is 0 Å². The maximum Gasteiger partial charge on any atom is 0.325 e. The summed E-state index contributed by atoms with van der Waals surface area (Å²) < 4.78 is 0. The van der Waals surface area contributed by atoms with E-state index in [1.165, 1.54) is 0 Å². The number of carbonyl (C=O) groups is 1. The summed E-state index contributed by atoms with van der Waals surface area (Å²) in [6.07, 6.45) is 1.77. The Morgan fingerprint density at radius 2 is 1.81 bits per heavy atom. The van der Waals surface area contributed by atoms with E-state index >= 15 is 0 Å². The molecule has 1 saturated heterocycles. The molecule has 2 aromatic carbocycles. The average molecular weight is 431 g/mol. The van der Waals surface area contributed by atoms with Crippen LogP contribution in [0.4, 0.5) is 5.82 Å². The van der Waals surface area contributed by atoms with E-state index in [4.69, 9.17) is 4.98 Å². The third kappa shape index (κ3) is 3.57. The lowest BCUT2D eigenvalue weighted by Gasteiger charge is -2.38. The Bertz CT molecular complexity index is 1290. The molecule has 1 fully saturated rings. The van der Waals surface area contributed by atoms with Gasteiger partial charge in [-0.3, -0.25) is 9.69 Å². The predicted molar refractivity (Wildman–Crippen MR) is 123 cm³/mol. The highest BCUT2D eigenvalue weighted by atomic mass is 16.4. The normalized spacial score (nSPS) is 16.0. The van der Waals surface area contributed by atoms with Crippen LogP contribution in [-0.2, 0) is 11.4 Å². The molecule has 0 radical (unpaired) electrons. The molecule has 1 aliphatic heterocycles. The van der Waals surface area contributed by atoms with Gasteiger partial charge in [-0.25, -0.2) is 9.97 Å². The van der Waals surface area contributed by atoms with Crippen LogP contribution in [0.1, 0.15) is 22.9 Å². The van der Waals surface area contributed by atoms with E-state index in [0.29, 0.717) is 26.2 Å². The Balaban J connectivity index is 1.40. The molecule has 0 spiro atoms. The maximum atomic E-state index is 12.3. The minimum atomic E-state index is -0.879. The summed E-state index contributed by atoms with van der Waals surface area (Å²) in [7, 11) is 0. The number of rotatable bonds is 5. The molecule has 0 amide bonds. The van der Waals surface area contributed by atoms with Crippen molar-refractivity contribution in [2.75, 3.05) is 31.1 Å². The number of hydrogen-bond acceptors (Lipinski definition) is 6. The van der Waals surface area contributed by atoms with Crippen molar-refractivity contribution >= 4 is 33.7 Å². The van der Waals surface area contributed by atoms with Crippen LogP contribution in [-0.4, -0.2) is 62.2 Å². The quantitative estimate of drug-likeness (QED) is 0.446. The number of carboxylic acids is 1. The average Bonchev–Trinajstić information content (AvgIpc) is 3.22. The first kappa shape index (κ1) is 20.4. The van der Waals surface area contributed by atoms with Gasteiger partial charge in [0.15, 0.2) is 5.82 Å². The first-order valence-electron chi connectivity index (χ1n) is 10.7. The van der Waals surface area contributed by atoms with Crippen LogP contribution < -0.4 is 4.90 Å². The molecule has 4 aromatic rings. The number of hydrogen-bond donors (Lipinski definition) is 3. The topological polar surface area (TPSA) is 106 Å². The van der Waals surface area contributed by atoms with Gasteiger partial charge in [0, 0.05) is 48.8 Å². The molecule has 8 heteroatoms. The number of H-pyrrole nitrogens is 1. The molecular formula is C24H25N5O3. The Kier molecular flexibility index (Phi) is 5.24. The number of nitrogens with one attached hydrogen (secondary N) is 1. The number of aliphatic hydroxyl groups excluding tert-OH is 1. The zero-order chi connectivity index (χ0) is 22.2. The van der Waals surface area contributed by atoms with Crippen LogP contribution in [0.2, 0.25) is 0 Å². The zero-order valence-corrected chi connectivity index (χ0v) is 17.8. The molecule has 0 unspecified atom stereocenters. The molecule has 0 saturated carbocycles. The smallest absolute Gasteiger partial charge is 0.325 e. The SMILES string of the molecule is Cc1nc2ccccc2nc1N1CCN([C@H](C(=O)O)c2c[nH]c3ccc(CO)cc23)CC1. The van der Waals surface area contributed by atoms with Crippen molar-refractivity contribution < 1.29 is 15.0 Å². The molecule has 0 aliphatic carbocycles. The Morgan fingerprint density at radius 1 is 1.09 bits per heavy atom. The van der Waals surface area contributed by atoms with Crippen LogP contribution in [0.15, 0.2) is 48.7 Å². The molecule has 0 bridgehead atoms. The second-order valence-electron chi connectivity index (χ2n) is 8.17. The second-order valence-corrected chi connectivity index (χ2v) is 8.17. The summed E-state index contributed by atoms with van der Waals surface area (Å²) in [6, 6.07) is 12.6. The van der Waals surface area contributed by atoms with E-state index in [0.717, 1.165) is 44.6 Å². The van der Waals surface area contributed by atoms with Gasteiger partial charge in [-0.15, -0.1) is 0 Å². The van der Waals surface area contributed by atoms with E-state index in [1.807, 2.05) is 54.3 Å². The van der Waals surface area contributed by atoms with Crippen LogP contribution in [0, 0.1) is 6.92 Å². The molecule has 164 valence electrons. The molecule has 1 aliphatic rings. The number of benzene rings is 2. The van der Waals surface area contributed by atoms with Gasteiger partial charge in [-0.2, -0.15) is 0 Å². The largest absolute Gasteiger partial charge is 0.480 e. The van der Waals surface area contributed by atoms with Gasteiger partial charge in [0.25, 0.3) is 0 Å². The number of aryl methyl sites for hydroxylation is 1. The van der Waals surface area contributed by atoms with Gasteiger partial charge in [0.05, 0.1) is 23.3 Å². The van der Waals surface area contributed by atoms with E-state index in [-0.39, 0.29) is 6.61 Å². The number of aliphatic carboxylic acids is 1. The number of carboxylic acid groups (broad SMARTS) is 1. The van der Waals surface area contributed by atoms with Crippen LogP contribution >= 0.6 is 0 Å². The van der Waals surface area contributed by atoms with Crippen molar-refractivity contribution in [1.82, 2.24) is 19.9 Å². The van der Waals surface area contributed by atoms with Gasteiger partial charge < -0.3 is 20.1 Å². The molecule has 3 heterocycles. The van der Waals surface area contributed by atoms with Gasteiger partial charge in [0.1, 0.15) is 6.04 Å². The number of aromatic amines is 1. The summed E-state index contributed by atoms with van der Waals surface area (Å²) in [5.74, 6) is -0.0228. The van der Waals surface area contributed by atoms with Crippen LogP contribution in [0.3, 0.4) is 0 Å². The highest BCUT2D eigenvalue weighted by Gasteiger charge is 2.32. The fourth-order valence-corrected chi connectivity index (χ4v) is 4.57. The fraction of sp³-hybridized carbons (Fsp3) is 0.292. The number of anilines is 1. The predicted octanol–water partition coefficient (Wildman–Crippen LogP) is 2.86. The summed E-state index contributed by atoms with van der Waals surface area (Å²) in [5, 5.41) is 20.4. The summed E-state index contributed by atoms with van der Waals surface area (Å²) in [6.45, 7) is 4.41. The number of fused-ring (bicyclic) bond motifs is 2. The van der Waals surface area contributed by atoms with Gasteiger partial charge in [-0.05, 0) is 36.8 Å². The van der Waals surface area contributed by atoms with E-state index in [1.54, 1.807) is 6.20 Å². The summed E-state index contributed by atoms with van der Waals surface area (Å²) in [4.78, 5) is 29.2. The Morgan fingerprint density at radius 3 is 2.50 bits per heavy atom. The van der Waals surface area contributed by atoms with Crippen molar-refractivity contribution in [2.24, 2.45) is 0 Å². The first-order valence-corrected chi connectivity index (χ1v) is 10.7. The summed E-state index contributed by atoms with van der Waals surface area (Å²) in [5.41, 5.74) is 4.96. The highest BCUT2D eigenvalue weighted by molar-refractivity contribution is 5.89. The Hall–Kier alpha value is -3.49. The van der Waals surface area contributed by atoms with Crippen LogP contribution in [0.25, 0.3) is 21.9 Å². The molecular weight excluding hydrogens is 406 g/mol. The van der Waals surface area contributed by atoms with Gasteiger partial charge in [-0.1, -0.05) is 18.2 Å². The second kappa shape index (κ2) is 8.22. The number of aromatic nitrogens is 3. The fourth-order valence-electron chi connectivity index (χ4n) is 4.57. The Labute approximate surface area is 185 Å². The lowest BCUT2D eigenvalue weighted by Crippen LogP contribution is -2.49. The number of piperazine rings is 1. The third-order valence-electron chi connectivity index (χ3n) is 6.19. The number of nitrogens with zero attached hydrogens (tertiary/aromatic N) is 4. The maximum absolute atomic E-state index is 12.3. The molecule has 3 N–H and O–H groups in total. The highest BCUT2D eigenvalue weighted by Crippen LogP contribution is 2.31. The lowest BCUT2D eigenvalue weighted by atomic mass is 10.0. The molecule has 32 heavy (non-hydrogen) atoms. The minimum Gasteiger partial charge on any atom is -0.480 e. The zero-order valence-electron chi connectivity index (χ0n) is 17.8. The van der Waals surface area contributed by atoms with Crippen molar-refractivity contribution in [2.45, 2.75) is 19.6 Å². The van der Waals surface area contributed by atoms with Crippen molar-refractivity contribution in [3.05, 3.63) is 65.5 Å². The molecule has 1 atom stereocenters. The number of aliphatic hydroxyl groups is 1. The molecule has 8 nitrogen and oxygen atoms in total. The standard InChI is InChI=1S/C24H25N5O3/c1-15-23(27-21-5-3-2-4-20(21)26-15)29-10-8-28(9-11-29)22(24(31)32)18-13-25-19-7-6-16(14-30)12-17(18)19/h2-7,12-13,22,25,30H,8-11,14H2,1H3,(H,31,32)/t22-/m0/s1. The van der Waals surface area contributed by atoms with Gasteiger partial charge >= 0.3 is 5.97 Å². The van der Waals surface area contributed by atoms with E-state index in [9.17, 15) is 15.0 Å². The molecule has 5 rings (SSSR count). The van der Waals surface area contributed by atoms with E-state index < -0.39 is 12.0 Å². The minimum absolute atomic E-state index is 0.0802. The monoisotopic (exact) mass is 431 g/mol. The lowest BCUT2D eigenvalue weighted by molar-refractivity contribution is -0.143.